The van der Waals surface area contributed by atoms with Gasteiger partial charge in [-0.25, -0.2) is 4.79 Å². The third kappa shape index (κ3) is 4.43. The first kappa shape index (κ1) is 16.9. The summed E-state index contributed by atoms with van der Waals surface area (Å²) in [5.74, 6) is -1.23. The van der Waals surface area contributed by atoms with Crippen molar-refractivity contribution in [2.45, 2.75) is 13.8 Å². The topological polar surface area (TPSA) is 76.4 Å². The number of anilines is 2. The van der Waals surface area contributed by atoms with E-state index in [0.717, 1.165) is 24.5 Å². The Labute approximate surface area is 129 Å². The molecule has 0 amide bonds. The fourth-order valence-electron chi connectivity index (χ4n) is 1.89. The Morgan fingerprint density at radius 2 is 1.90 bits per heavy atom. The van der Waals surface area contributed by atoms with E-state index in [0.29, 0.717) is 5.03 Å². The number of benzene rings is 1. The van der Waals surface area contributed by atoms with Gasteiger partial charge in [-0.15, -0.1) is 11.8 Å². The van der Waals surface area contributed by atoms with Crippen LogP contribution in [-0.2, 0) is 4.79 Å². The summed E-state index contributed by atoms with van der Waals surface area (Å²) in [6.07, 6.45) is 1.73. The van der Waals surface area contributed by atoms with E-state index in [1.165, 1.54) is 11.8 Å². The van der Waals surface area contributed by atoms with E-state index in [9.17, 15) is 4.79 Å². The molecule has 2 N–H and O–H groups in total. The largest absolute Gasteiger partial charge is 0.477 e. The molecule has 0 fully saturated rings. The van der Waals surface area contributed by atoms with Gasteiger partial charge in [0, 0.05) is 24.5 Å². The molecule has 0 aromatic heterocycles. The molecular weight excluding hydrogens is 286 g/mol. The summed E-state index contributed by atoms with van der Waals surface area (Å²) in [7, 11) is 0. The van der Waals surface area contributed by atoms with Crippen LogP contribution in [0, 0.1) is 11.3 Å². The van der Waals surface area contributed by atoms with Crippen LogP contribution < -0.4 is 10.2 Å². The lowest BCUT2D eigenvalue weighted by atomic mass is 10.2. The molecule has 1 rings (SSSR count). The van der Waals surface area contributed by atoms with E-state index in [2.05, 4.69) is 24.1 Å². The maximum absolute atomic E-state index is 11.0. The van der Waals surface area contributed by atoms with Gasteiger partial charge >= 0.3 is 5.97 Å². The highest BCUT2D eigenvalue weighted by atomic mass is 32.2. The highest BCUT2D eigenvalue weighted by Crippen LogP contribution is 2.23. The van der Waals surface area contributed by atoms with Crippen LogP contribution in [0.5, 0.6) is 0 Å². The predicted molar refractivity (Wildman–Crippen MR) is 87.4 cm³/mol. The lowest BCUT2D eigenvalue weighted by Crippen LogP contribution is -2.21. The second-order valence-electron chi connectivity index (χ2n) is 4.17. The van der Waals surface area contributed by atoms with E-state index < -0.39 is 5.97 Å². The number of nitrogens with one attached hydrogen (secondary N) is 1. The summed E-state index contributed by atoms with van der Waals surface area (Å²) >= 11 is 1.20. The van der Waals surface area contributed by atoms with Crippen LogP contribution in [0.1, 0.15) is 13.8 Å². The van der Waals surface area contributed by atoms with Crippen molar-refractivity contribution in [3.8, 4) is 6.07 Å². The van der Waals surface area contributed by atoms with Crippen molar-refractivity contribution in [1.29, 1.82) is 5.26 Å². The van der Waals surface area contributed by atoms with Gasteiger partial charge in [-0.05, 0) is 44.4 Å². The lowest BCUT2D eigenvalue weighted by molar-refractivity contribution is -0.132. The van der Waals surface area contributed by atoms with Crippen LogP contribution >= 0.6 is 11.8 Å². The van der Waals surface area contributed by atoms with Gasteiger partial charge in [0.05, 0.1) is 5.03 Å². The van der Waals surface area contributed by atoms with Crippen molar-refractivity contribution in [1.82, 2.24) is 0 Å². The van der Waals surface area contributed by atoms with Gasteiger partial charge < -0.3 is 15.3 Å². The molecule has 0 aliphatic heterocycles. The first-order valence-electron chi connectivity index (χ1n) is 6.61. The molecule has 1 aromatic rings. The molecule has 0 saturated carbocycles. The van der Waals surface area contributed by atoms with Crippen molar-refractivity contribution >= 4 is 29.1 Å². The standard InChI is InChI=1S/C15H19N3O2S/c1-4-18(5-2)12-8-6-11(7-9-12)17-14(21-3)13(10-16)15(19)20/h6-9,17H,4-5H2,1-3H3,(H,19,20). The van der Waals surface area contributed by atoms with Crippen LogP contribution in [-0.4, -0.2) is 30.4 Å². The predicted octanol–water partition coefficient (Wildman–Crippen LogP) is 3.13. The molecule has 5 nitrogen and oxygen atoms in total. The minimum Gasteiger partial charge on any atom is -0.477 e. The Morgan fingerprint density at radius 1 is 1.33 bits per heavy atom. The van der Waals surface area contributed by atoms with Gasteiger partial charge in [-0.2, -0.15) is 5.26 Å². The monoisotopic (exact) mass is 305 g/mol. The first-order chi connectivity index (χ1) is 10.1. The fourth-order valence-corrected chi connectivity index (χ4v) is 2.44. The summed E-state index contributed by atoms with van der Waals surface area (Å²) in [5, 5.41) is 21.2. The molecule has 21 heavy (non-hydrogen) atoms. The summed E-state index contributed by atoms with van der Waals surface area (Å²) in [4.78, 5) is 13.2. The van der Waals surface area contributed by atoms with Crippen LogP contribution in [0.25, 0.3) is 0 Å². The average Bonchev–Trinajstić information content (AvgIpc) is 2.49. The van der Waals surface area contributed by atoms with Crippen LogP contribution in [0.2, 0.25) is 0 Å². The van der Waals surface area contributed by atoms with Crippen molar-refractivity contribution in [2.24, 2.45) is 0 Å². The van der Waals surface area contributed by atoms with Gasteiger partial charge in [0.25, 0.3) is 0 Å². The molecule has 1 aromatic carbocycles. The number of nitriles is 1. The molecule has 0 heterocycles. The first-order valence-corrected chi connectivity index (χ1v) is 7.83. The zero-order valence-electron chi connectivity index (χ0n) is 12.4. The smallest absolute Gasteiger partial charge is 0.349 e. The Balaban J connectivity index is 2.98. The Hall–Kier alpha value is -2.13. The van der Waals surface area contributed by atoms with Gasteiger partial charge in [0.15, 0.2) is 5.57 Å². The SMILES string of the molecule is CCN(CC)c1ccc(NC(SC)=C(C#N)C(=O)O)cc1. The van der Waals surface area contributed by atoms with Crippen LogP contribution in [0.3, 0.4) is 0 Å². The number of carboxylic acid groups (broad SMARTS) is 1. The fraction of sp³-hybridized carbons (Fsp3) is 0.333. The second kappa shape index (κ2) is 8.22. The minimum atomic E-state index is -1.23. The van der Waals surface area contributed by atoms with E-state index in [4.69, 9.17) is 10.4 Å². The molecule has 0 aliphatic carbocycles. The van der Waals surface area contributed by atoms with E-state index >= 15 is 0 Å². The highest BCUT2D eigenvalue weighted by molar-refractivity contribution is 8.02. The number of hydrogen-bond donors (Lipinski definition) is 2. The number of nitrogens with zero attached hydrogens (tertiary/aromatic N) is 2. The maximum atomic E-state index is 11.0. The highest BCUT2D eigenvalue weighted by Gasteiger charge is 2.14. The van der Waals surface area contributed by atoms with Gasteiger partial charge in [0.1, 0.15) is 6.07 Å². The molecule has 112 valence electrons. The average molecular weight is 305 g/mol. The Kier molecular flexibility index (Phi) is 6.63. The van der Waals surface area contributed by atoms with E-state index in [-0.39, 0.29) is 5.57 Å². The van der Waals surface area contributed by atoms with Crippen LogP contribution in [0.4, 0.5) is 11.4 Å². The number of carboxylic acids is 1. The number of thioether (sulfide) groups is 1. The molecule has 0 bridgehead atoms. The number of rotatable bonds is 7. The van der Waals surface area contributed by atoms with Gasteiger partial charge in [-0.1, -0.05) is 0 Å². The van der Waals surface area contributed by atoms with E-state index in [1.54, 1.807) is 12.3 Å². The molecule has 0 aliphatic rings. The van der Waals surface area contributed by atoms with Crippen LogP contribution in [0.15, 0.2) is 34.9 Å². The quantitative estimate of drug-likeness (QED) is 0.595. The summed E-state index contributed by atoms with van der Waals surface area (Å²) < 4.78 is 0. The molecule has 0 saturated heterocycles. The Morgan fingerprint density at radius 3 is 2.29 bits per heavy atom. The molecule has 0 atom stereocenters. The summed E-state index contributed by atoms with van der Waals surface area (Å²) in [6.45, 7) is 6.04. The minimum absolute atomic E-state index is 0.282. The van der Waals surface area contributed by atoms with Crippen molar-refractivity contribution in [3.05, 3.63) is 34.9 Å². The molecule has 0 radical (unpaired) electrons. The van der Waals surface area contributed by atoms with Crippen molar-refractivity contribution < 1.29 is 9.90 Å². The molecule has 0 spiro atoms. The third-order valence-corrected chi connectivity index (χ3v) is 3.73. The maximum Gasteiger partial charge on any atom is 0.349 e. The summed E-state index contributed by atoms with van der Waals surface area (Å²) in [5.41, 5.74) is 1.58. The molecular formula is C15H19N3O2S. The van der Waals surface area contributed by atoms with Gasteiger partial charge in [0.2, 0.25) is 0 Å². The third-order valence-electron chi connectivity index (χ3n) is 3.01. The normalized spacial score (nSPS) is 11.3. The lowest BCUT2D eigenvalue weighted by Gasteiger charge is -2.21. The van der Waals surface area contributed by atoms with Crippen molar-refractivity contribution in [2.75, 3.05) is 29.6 Å². The molecule has 0 unspecified atom stereocenters. The molecule has 6 heteroatoms. The summed E-state index contributed by atoms with van der Waals surface area (Å²) in [6, 6.07) is 9.41. The van der Waals surface area contributed by atoms with E-state index in [1.807, 2.05) is 24.3 Å². The van der Waals surface area contributed by atoms with Gasteiger partial charge in [-0.3, -0.25) is 0 Å². The second-order valence-corrected chi connectivity index (χ2v) is 4.99. The Bertz CT molecular complexity index is 557. The van der Waals surface area contributed by atoms with Crippen molar-refractivity contribution in [3.63, 3.8) is 0 Å². The number of hydrogen-bond acceptors (Lipinski definition) is 5. The number of aliphatic carboxylic acids is 1. The zero-order valence-corrected chi connectivity index (χ0v) is 13.2. The number of carbonyl (C=O) groups is 1. The zero-order chi connectivity index (χ0) is 15.8.